The molecule has 3 aromatic carbocycles. The first-order chi connectivity index (χ1) is 19.7. The Kier molecular flexibility index (Phi) is 6.88. The van der Waals surface area contributed by atoms with Crippen molar-refractivity contribution in [2.24, 2.45) is 0 Å². The molecular weight excluding hydrogens is 550 g/mol. The molecular formula is C29H26F2N6O3S. The lowest BCUT2D eigenvalue weighted by Gasteiger charge is -2.17. The van der Waals surface area contributed by atoms with Gasteiger partial charge in [-0.1, -0.05) is 24.3 Å². The van der Waals surface area contributed by atoms with Crippen molar-refractivity contribution >= 4 is 39.1 Å². The van der Waals surface area contributed by atoms with E-state index in [2.05, 4.69) is 30.6 Å². The van der Waals surface area contributed by atoms with Crippen LogP contribution in [0.1, 0.15) is 24.8 Å². The van der Waals surface area contributed by atoms with Crippen LogP contribution in [-0.4, -0.2) is 37.4 Å². The number of hydrogen-bond donors (Lipinski definition) is 4. The first kappa shape index (κ1) is 26.8. The number of sulfonamides is 1. The van der Waals surface area contributed by atoms with E-state index < -0.39 is 21.3 Å². The number of halogens is 2. The number of carbonyl (C=O) groups is 1. The van der Waals surface area contributed by atoms with Gasteiger partial charge in [0, 0.05) is 30.5 Å². The SMILES string of the molecule is O=C(Nc1ccc(-c2cnc3nc2NCCCNS(=O)(=O)c2cccc(c2)N3)cc1F)C1(c2ccc(F)cc2)CC1. The monoisotopic (exact) mass is 576 g/mol. The van der Waals surface area contributed by atoms with E-state index in [0.29, 0.717) is 54.0 Å². The van der Waals surface area contributed by atoms with Gasteiger partial charge in [-0.3, -0.25) is 4.79 Å². The number of benzene rings is 3. The lowest BCUT2D eigenvalue weighted by Crippen LogP contribution is -2.28. The highest BCUT2D eigenvalue weighted by Crippen LogP contribution is 2.49. The van der Waals surface area contributed by atoms with Gasteiger partial charge in [0.2, 0.25) is 21.9 Å². The van der Waals surface area contributed by atoms with Crippen molar-refractivity contribution in [3.63, 3.8) is 0 Å². The molecule has 1 fully saturated rings. The Morgan fingerprint density at radius 3 is 2.54 bits per heavy atom. The van der Waals surface area contributed by atoms with Gasteiger partial charge in [0.15, 0.2) is 0 Å². The van der Waals surface area contributed by atoms with Crippen LogP contribution in [0.2, 0.25) is 0 Å². The van der Waals surface area contributed by atoms with Gasteiger partial charge in [0.1, 0.15) is 17.5 Å². The van der Waals surface area contributed by atoms with E-state index in [1.165, 1.54) is 36.4 Å². The van der Waals surface area contributed by atoms with E-state index in [9.17, 15) is 17.6 Å². The van der Waals surface area contributed by atoms with Crippen LogP contribution in [-0.2, 0) is 20.2 Å². The minimum Gasteiger partial charge on any atom is -0.369 e. The maximum atomic E-state index is 15.3. The lowest BCUT2D eigenvalue weighted by atomic mass is 9.95. The van der Waals surface area contributed by atoms with Crippen LogP contribution in [0.25, 0.3) is 11.1 Å². The highest BCUT2D eigenvalue weighted by molar-refractivity contribution is 7.89. The molecule has 1 aliphatic carbocycles. The summed E-state index contributed by atoms with van der Waals surface area (Å²) in [5, 5.41) is 8.91. The number of nitrogens with zero attached hydrogens (tertiary/aromatic N) is 2. The molecule has 1 aromatic heterocycles. The van der Waals surface area contributed by atoms with Gasteiger partial charge in [0.25, 0.3) is 0 Å². The second-order valence-corrected chi connectivity index (χ2v) is 11.8. The molecule has 4 N–H and O–H groups in total. The zero-order valence-corrected chi connectivity index (χ0v) is 22.6. The third-order valence-electron chi connectivity index (χ3n) is 7.24. The summed E-state index contributed by atoms with van der Waals surface area (Å²) < 4.78 is 56.4. The van der Waals surface area contributed by atoms with Crippen molar-refractivity contribution in [3.8, 4) is 11.1 Å². The Hall–Kier alpha value is -4.42. The second-order valence-electron chi connectivity index (χ2n) is 10.0. The lowest BCUT2D eigenvalue weighted by molar-refractivity contribution is -0.118. The summed E-state index contributed by atoms with van der Waals surface area (Å²) in [6, 6.07) is 16.6. The third kappa shape index (κ3) is 5.48. The topological polar surface area (TPSA) is 125 Å². The quantitative estimate of drug-likeness (QED) is 0.272. The summed E-state index contributed by atoms with van der Waals surface area (Å²) in [6.07, 6.45) is 3.22. The predicted octanol–water partition coefficient (Wildman–Crippen LogP) is 4.93. The molecule has 12 heteroatoms. The van der Waals surface area contributed by atoms with Crippen molar-refractivity contribution in [1.29, 1.82) is 0 Å². The summed E-state index contributed by atoms with van der Waals surface area (Å²) in [4.78, 5) is 22.1. The second kappa shape index (κ2) is 10.5. The van der Waals surface area contributed by atoms with Gasteiger partial charge in [-0.2, -0.15) is 4.98 Å². The molecule has 0 unspecified atom stereocenters. The van der Waals surface area contributed by atoms with Gasteiger partial charge in [-0.15, -0.1) is 0 Å². The van der Waals surface area contributed by atoms with E-state index in [4.69, 9.17) is 0 Å². The fourth-order valence-corrected chi connectivity index (χ4v) is 5.93. The average Bonchev–Trinajstić information content (AvgIpc) is 3.76. The third-order valence-corrected chi connectivity index (χ3v) is 8.70. The van der Waals surface area contributed by atoms with Crippen LogP contribution >= 0.6 is 0 Å². The maximum absolute atomic E-state index is 15.3. The van der Waals surface area contributed by atoms with Crippen molar-refractivity contribution in [2.45, 2.75) is 29.6 Å². The van der Waals surface area contributed by atoms with Crippen LogP contribution < -0.4 is 20.7 Å². The van der Waals surface area contributed by atoms with Gasteiger partial charge < -0.3 is 16.0 Å². The Labute approximate surface area is 235 Å². The van der Waals surface area contributed by atoms with E-state index in [1.807, 2.05) is 0 Å². The summed E-state index contributed by atoms with van der Waals surface area (Å²) in [5.74, 6) is -0.682. The van der Waals surface area contributed by atoms with Crippen molar-refractivity contribution in [2.75, 3.05) is 29.0 Å². The average molecular weight is 577 g/mol. The Morgan fingerprint density at radius 1 is 0.976 bits per heavy atom. The number of fused-ring (bicyclic) bond motifs is 4. The molecule has 2 heterocycles. The van der Waals surface area contributed by atoms with Crippen molar-refractivity contribution in [3.05, 3.63) is 90.1 Å². The van der Waals surface area contributed by atoms with E-state index in [1.54, 1.807) is 36.5 Å². The number of hydrogen-bond acceptors (Lipinski definition) is 7. The fraction of sp³-hybridized carbons (Fsp3) is 0.207. The molecule has 0 atom stereocenters. The largest absolute Gasteiger partial charge is 0.369 e. The molecule has 1 aliphatic heterocycles. The first-order valence-electron chi connectivity index (χ1n) is 13.1. The number of rotatable bonds is 4. The predicted molar refractivity (Wildman–Crippen MR) is 151 cm³/mol. The van der Waals surface area contributed by atoms with E-state index in [-0.39, 0.29) is 34.8 Å². The van der Waals surface area contributed by atoms with Crippen LogP contribution in [0.15, 0.2) is 77.8 Å². The summed E-state index contributed by atoms with van der Waals surface area (Å²) in [6.45, 7) is 0.606. The van der Waals surface area contributed by atoms with Gasteiger partial charge in [-0.05, 0) is 72.9 Å². The molecule has 6 rings (SSSR count). The first-order valence-corrected chi connectivity index (χ1v) is 14.6. The highest BCUT2D eigenvalue weighted by Gasteiger charge is 2.51. The maximum Gasteiger partial charge on any atom is 0.240 e. The molecule has 1 saturated carbocycles. The van der Waals surface area contributed by atoms with Gasteiger partial charge >= 0.3 is 0 Å². The van der Waals surface area contributed by atoms with Crippen molar-refractivity contribution in [1.82, 2.24) is 14.7 Å². The molecule has 1 amide bonds. The minimum atomic E-state index is -3.67. The zero-order valence-electron chi connectivity index (χ0n) is 21.7. The number of nitrogens with one attached hydrogen (secondary N) is 4. The molecule has 9 nitrogen and oxygen atoms in total. The highest BCUT2D eigenvalue weighted by atomic mass is 32.2. The molecule has 4 aromatic rings. The van der Waals surface area contributed by atoms with Crippen molar-refractivity contribution < 1.29 is 22.0 Å². The smallest absolute Gasteiger partial charge is 0.240 e. The number of amides is 1. The standard InChI is InChI=1S/C29H26F2N6O3S/c30-20-8-6-19(7-9-20)29(11-12-29)27(38)36-25-10-5-18(15-24(25)31)23-17-33-28-35-21-3-1-4-22(16-21)41(39,40)34-14-2-13-32-26(23)37-28/h1,3-10,15-17,34H,2,11-14H2,(H,36,38)(H2,32,33,35,37). The fourth-order valence-electron chi connectivity index (χ4n) is 4.81. The van der Waals surface area contributed by atoms with Gasteiger partial charge in [-0.25, -0.2) is 26.9 Å². The van der Waals surface area contributed by atoms with E-state index >= 15 is 4.39 Å². The Bertz CT molecular complexity index is 1740. The Balaban J connectivity index is 1.25. The van der Waals surface area contributed by atoms with Crippen LogP contribution in [0.4, 0.5) is 31.9 Å². The zero-order chi connectivity index (χ0) is 28.6. The number of anilines is 4. The molecule has 0 spiro atoms. The molecule has 4 bridgehead atoms. The summed E-state index contributed by atoms with van der Waals surface area (Å²) in [5.41, 5.74) is 1.45. The van der Waals surface area contributed by atoms with E-state index in [0.717, 1.165) is 0 Å². The Morgan fingerprint density at radius 2 is 1.78 bits per heavy atom. The van der Waals surface area contributed by atoms with Gasteiger partial charge in [0.05, 0.1) is 16.0 Å². The van der Waals surface area contributed by atoms with Crippen LogP contribution in [0.3, 0.4) is 0 Å². The summed E-state index contributed by atoms with van der Waals surface area (Å²) in [7, 11) is -3.67. The van der Waals surface area contributed by atoms with Crippen LogP contribution in [0, 0.1) is 11.6 Å². The molecule has 210 valence electrons. The molecule has 0 radical (unpaired) electrons. The normalized spacial score (nSPS) is 17.0. The molecule has 0 saturated heterocycles. The number of aromatic nitrogens is 2. The summed E-state index contributed by atoms with van der Waals surface area (Å²) >= 11 is 0. The molecule has 41 heavy (non-hydrogen) atoms. The molecule has 2 aliphatic rings. The minimum absolute atomic E-state index is 0.0337. The van der Waals surface area contributed by atoms with Crippen LogP contribution in [0.5, 0.6) is 0 Å². The number of carbonyl (C=O) groups excluding carboxylic acids is 1.